The molecule has 0 heterocycles. The summed E-state index contributed by atoms with van der Waals surface area (Å²) in [6, 6.07) is 11.0. The SMILES string of the molecule is CCC1CC1(CNC(C)(C)C)c1ccccc1. The summed E-state index contributed by atoms with van der Waals surface area (Å²) >= 11 is 0. The minimum atomic E-state index is 0.211. The molecule has 2 rings (SSSR count). The van der Waals surface area contributed by atoms with Crippen LogP contribution in [0.4, 0.5) is 0 Å². The van der Waals surface area contributed by atoms with E-state index >= 15 is 0 Å². The summed E-state index contributed by atoms with van der Waals surface area (Å²) in [4.78, 5) is 0. The van der Waals surface area contributed by atoms with Gasteiger partial charge in [0.15, 0.2) is 0 Å². The summed E-state index contributed by atoms with van der Waals surface area (Å²) in [7, 11) is 0. The van der Waals surface area contributed by atoms with Gasteiger partial charge < -0.3 is 5.32 Å². The van der Waals surface area contributed by atoms with Gasteiger partial charge in [-0.2, -0.15) is 0 Å². The van der Waals surface area contributed by atoms with Gasteiger partial charge in [-0.05, 0) is 38.7 Å². The molecule has 0 aromatic heterocycles. The van der Waals surface area contributed by atoms with E-state index in [2.05, 4.69) is 63.3 Å². The monoisotopic (exact) mass is 231 g/mol. The van der Waals surface area contributed by atoms with Crippen molar-refractivity contribution in [2.45, 2.75) is 51.5 Å². The molecule has 1 saturated carbocycles. The average molecular weight is 231 g/mol. The van der Waals surface area contributed by atoms with Gasteiger partial charge in [-0.1, -0.05) is 43.7 Å². The molecule has 0 bridgehead atoms. The molecule has 1 aromatic carbocycles. The minimum absolute atomic E-state index is 0.211. The molecule has 17 heavy (non-hydrogen) atoms. The Bertz CT molecular complexity index is 363. The zero-order valence-electron chi connectivity index (χ0n) is 11.6. The van der Waals surface area contributed by atoms with E-state index < -0.39 is 0 Å². The third kappa shape index (κ3) is 2.71. The summed E-state index contributed by atoms with van der Waals surface area (Å²) in [5, 5.41) is 3.69. The van der Waals surface area contributed by atoms with Crippen molar-refractivity contribution in [3.05, 3.63) is 35.9 Å². The molecule has 2 atom stereocenters. The molecule has 1 N–H and O–H groups in total. The lowest BCUT2D eigenvalue weighted by Gasteiger charge is -2.26. The minimum Gasteiger partial charge on any atom is -0.311 e. The van der Waals surface area contributed by atoms with Crippen molar-refractivity contribution in [1.29, 1.82) is 0 Å². The van der Waals surface area contributed by atoms with Crippen LogP contribution in [0.5, 0.6) is 0 Å². The molecule has 2 unspecified atom stereocenters. The van der Waals surface area contributed by atoms with Gasteiger partial charge in [0.1, 0.15) is 0 Å². The Balaban J connectivity index is 2.13. The first-order valence-corrected chi connectivity index (χ1v) is 6.78. The quantitative estimate of drug-likeness (QED) is 0.832. The molecule has 0 spiro atoms. The van der Waals surface area contributed by atoms with E-state index in [9.17, 15) is 0 Å². The molecular weight excluding hydrogens is 206 g/mol. The zero-order valence-corrected chi connectivity index (χ0v) is 11.6. The Kier molecular flexibility index (Phi) is 3.31. The third-order valence-electron chi connectivity index (χ3n) is 4.01. The standard InChI is InChI=1S/C16H25N/c1-5-13-11-16(13,12-17-15(2,3)4)14-9-7-6-8-10-14/h6-10,13,17H,5,11-12H2,1-4H3. The van der Waals surface area contributed by atoms with Crippen LogP contribution in [-0.2, 0) is 5.41 Å². The smallest absolute Gasteiger partial charge is 0.0109 e. The molecule has 1 aliphatic rings. The highest BCUT2D eigenvalue weighted by molar-refractivity contribution is 5.34. The summed E-state index contributed by atoms with van der Waals surface area (Å²) < 4.78 is 0. The van der Waals surface area contributed by atoms with Crippen molar-refractivity contribution < 1.29 is 0 Å². The second kappa shape index (κ2) is 4.45. The maximum absolute atomic E-state index is 3.69. The topological polar surface area (TPSA) is 12.0 Å². The number of hydrogen-bond donors (Lipinski definition) is 1. The lowest BCUT2D eigenvalue weighted by atomic mass is 9.91. The molecule has 0 aliphatic heterocycles. The van der Waals surface area contributed by atoms with E-state index in [4.69, 9.17) is 0 Å². The molecule has 1 aromatic rings. The van der Waals surface area contributed by atoms with Crippen LogP contribution in [0.2, 0.25) is 0 Å². The molecule has 0 saturated heterocycles. The first-order chi connectivity index (χ1) is 7.98. The van der Waals surface area contributed by atoms with E-state index in [1.54, 1.807) is 0 Å². The zero-order chi connectivity index (χ0) is 12.5. The van der Waals surface area contributed by atoms with Crippen LogP contribution in [-0.4, -0.2) is 12.1 Å². The van der Waals surface area contributed by atoms with Gasteiger partial charge in [-0.25, -0.2) is 0 Å². The van der Waals surface area contributed by atoms with Crippen molar-refractivity contribution in [2.75, 3.05) is 6.54 Å². The van der Waals surface area contributed by atoms with Gasteiger partial charge in [0, 0.05) is 17.5 Å². The second-order valence-electron chi connectivity index (χ2n) is 6.44. The molecule has 1 heteroatoms. The number of hydrogen-bond acceptors (Lipinski definition) is 1. The van der Waals surface area contributed by atoms with E-state index in [0.29, 0.717) is 5.41 Å². The number of rotatable bonds is 4. The average Bonchev–Trinajstić information content (AvgIpc) is 3.02. The Morgan fingerprint density at radius 3 is 2.35 bits per heavy atom. The Morgan fingerprint density at radius 1 is 1.24 bits per heavy atom. The molecule has 0 amide bonds. The maximum atomic E-state index is 3.69. The Labute approximate surface area is 106 Å². The van der Waals surface area contributed by atoms with Crippen molar-refractivity contribution in [1.82, 2.24) is 5.32 Å². The van der Waals surface area contributed by atoms with Crippen molar-refractivity contribution in [3.63, 3.8) is 0 Å². The normalized spacial score (nSPS) is 28.1. The molecule has 1 aliphatic carbocycles. The highest BCUT2D eigenvalue weighted by Crippen LogP contribution is 2.55. The van der Waals surface area contributed by atoms with Crippen LogP contribution in [0.25, 0.3) is 0 Å². The highest BCUT2D eigenvalue weighted by Gasteiger charge is 2.53. The van der Waals surface area contributed by atoms with Gasteiger partial charge in [-0.3, -0.25) is 0 Å². The van der Waals surface area contributed by atoms with Crippen LogP contribution >= 0.6 is 0 Å². The van der Waals surface area contributed by atoms with Crippen LogP contribution in [0, 0.1) is 5.92 Å². The van der Waals surface area contributed by atoms with Crippen LogP contribution in [0.1, 0.15) is 46.1 Å². The van der Waals surface area contributed by atoms with Crippen molar-refractivity contribution >= 4 is 0 Å². The fourth-order valence-electron chi connectivity index (χ4n) is 2.78. The first kappa shape index (κ1) is 12.6. The van der Waals surface area contributed by atoms with Crippen LogP contribution in [0.15, 0.2) is 30.3 Å². The molecular formula is C16H25N. The molecule has 1 nitrogen and oxygen atoms in total. The van der Waals surface area contributed by atoms with E-state index in [0.717, 1.165) is 12.5 Å². The second-order valence-corrected chi connectivity index (χ2v) is 6.44. The fraction of sp³-hybridized carbons (Fsp3) is 0.625. The van der Waals surface area contributed by atoms with Crippen molar-refractivity contribution in [2.24, 2.45) is 5.92 Å². The summed E-state index contributed by atoms with van der Waals surface area (Å²) in [5.74, 6) is 0.861. The van der Waals surface area contributed by atoms with Crippen LogP contribution in [0.3, 0.4) is 0 Å². The maximum Gasteiger partial charge on any atom is 0.0109 e. The summed E-state index contributed by atoms with van der Waals surface area (Å²) in [6.45, 7) is 10.2. The van der Waals surface area contributed by atoms with Gasteiger partial charge in [0.2, 0.25) is 0 Å². The highest BCUT2D eigenvalue weighted by atomic mass is 15.0. The van der Waals surface area contributed by atoms with E-state index in [-0.39, 0.29) is 5.54 Å². The molecule has 1 fully saturated rings. The lowest BCUT2D eigenvalue weighted by molar-refractivity contribution is 0.388. The van der Waals surface area contributed by atoms with E-state index in [1.807, 2.05) is 0 Å². The first-order valence-electron chi connectivity index (χ1n) is 6.78. The largest absolute Gasteiger partial charge is 0.311 e. The van der Waals surface area contributed by atoms with Gasteiger partial charge >= 0.3 is 0 Å². The fourth-order valence-corrected chi connectivity index (χ4v) is 2.78. The van der Waals surface area contributed by atoms with Gasteiger partial charge in [0.05, 0.1) is 0 Å². The van der Waals surface area contributed by atoms with Crippen LogP contribution < -0.4 is 5.32 Å². The predicted octanol–water partition coefficient (Wildman–Crippen LogP) is 3.74. The number of benzene rings is 1. The van der Waals surface area contributed by atoms with Gasteiger partial charge in [0.25, 0.3) is 0 Å². The predicted molar refractivity (Wildman–Crippen MR) is 74.3 cm³/mol. The van der Waals surface area contributed by atoms with Crippen molar-refractivity contribution in [3.8, 4) is 0 Å². The lowest BCUT2D eigenvalue weighted by Crippen LogP contribution is -2.41. The summed E-state index contributed by atoms with van der Waals surface area (Å²) in [6.07, 6.45) is 2.64. The third-order valence-corrected chi connectivity index (χ3v) is 4.01. The molecule has 94 valence electrons. The summed E-state index contributed by atoms with van der Waals surface area (Å²) in [5.41, 5.74) is 2.13. The Hall–Kier alpha value is -0.820. The van der Waals surface area contributed by atoms with E-state index in [1.165, 1.54) is 18.4 Å². The number of nitrogens with one attached hydrogen (secondary N) is 1. The Morgan fingerprint density at radius 2 is 1.88 bits per heavy atom. The molecule has 0 radical (unpaired) electrons. The van der Waals surface area contributed by atoms with Gasteiger partial charge in [-0.15, -0.1) is 0 Å².